The summed E-state index contributed by atoms with van der Waals surface area (Å²) in [4.78, 5) is 7.12. The van der Waals surface area contributed by atoms with E-state index in [0.717, 1.165) is 45.1 Å². The van der Waals surface area contributed by atoms with Gasteiger partial charge in [-0.3, -0.25) is 4.99 Å². The summed E-state index contributed by atoms with van der Waals surface area (Å²) in [6.07, 6.45) is 1.14. The fraction of sp³-hybridized carbons (Fsp3) is 0.632. The highest BCUT2D eigenvalue weighted by molar-refractivity contribution is 5.80. The predicted molar refractivity (Wildman–Crippen MR) is 104 cm³/mol. The van der Waals surface area contributed by atoms with Gasteiger partial charge in [0.05, 0.1) is 6.54 Å². The molecule has 2 rings (SSSR count). The first-order valence-electron chi connectivity index (χ1n) is 9.08. The van der Waals surface area contributed by atoms with E-state index in [2.05, 4.69) is 78.9 Å². The Bertz CT molecular complexity index is 506. The zero-order valence-electron chi connectivity index (χ0n) is 15.6. The molecule has 3 N–H and O–H groups in total. The molecule has 5 heteroatoms. The normalized spacial score (nSPS) is 18.8. The summed E-state index contributed by atoms with van der Waals surface area (Å²) in [5, 5.41) is 10.4. The molecule has 0 aliphatic carbocycles. The van der Waals surface area contributed by atoms with Crippen molar-refractivity contribution in [1.82, 2.24) is 16.0 Å². The molecule has 1 fully saturated rings. The van der Waals surface area contributed by atoms with E-state index in [-0.39, 0.29) is 5.54 Å². The Morgan fingerprint density at radius 2 is 2.00 bits per heavy atom. The topological polar surface area (TPSA) is 51.7 Å². The number of hydrogen-bond acceptors (Lipinski definition) is 3. The molecule has 1 heterocycles. The van der Waals surface area contributed by atoms with Gasteiger partial charge in [0.1, 0.15) is 0 Å². The van der Waals surface area contributed by atoms with Crippen LogP contribution in [0, 0.1) is 0 Å². The molecule has 0 radical (unpaired) electrons. The molecule has 5 nitrogen and oxygen atoms in total. The molecule has 24 heavy (non-hydrogen) atoms. The Balaban J connectivity index is 1.82. The van der Waals surface area contributed by atoms with Gasteiger partial charge in [0, 0.05) is 43.4 Å². The van der Waals surface area contributed by atoms with Gasteiger partial charge in [-0.05, 0) is 46.2 Å². The van der Waals surface area contributed by atoms with Crippen LogP contribution in [0.2, 0.25) is 0 Å². The van der Waals surface area contributed by atoms with Crippen molar-refractivity contribution in [2.24, 2.45) is 4.99 Å². The Labute approximate surface area is 146 Å². The molecular weight excluding hydrogens is 298 g/mol. The fourth-order valence-corrected chi connectivity index (χ4v) is 2.86. The molecular formula is C19H33N5. The molecule has 1 saturated heterocycles. The quantitative estimate of drug-likeness (QED) is 0.425. The maximum Gasteiger partial charge on any atom is 0.191 e. The molecule has 0 bridgehead atoms. The molecule has 0 saturated carbocycles. The van der Waals surface area contributed by atoms with Gasteiger partial charge in [0.15, 0.2) is 5.96 Å². The second kappa shape index (κ2) is 8.92. The van der Waals surface area contributed by atoms with Crippen molar-refractivity contribution in [3.63, 3.8) is 0 Å². The number of rotatable bonds is 6. The van der Waals surface area contributed by atoms with Crippen molar-refractivity contribution in [1.29, 1.82) is 0 Å². The van der Waals surface area contributed by atoms with Crippen LogP contribution in [0.3, 0.4) is 0 Å². The van der Waals surface area contributed by atoms with E-state index >= 15 is 0 Å². The van der Waals surface area contributed by atoms with E-state index in [1.165, 1.54) is 5.69 Å². The van der Waals surface area contributed by atoms with E-state index in [9.17, 15) is 0 Å². The Morgan fingerprint density at radius 3 is 2.67 bits per heavy atom. The summed E-state index contributed by atoms with van der Waals surface area (Å²) in [6.45, 7) is 13.3. The van der Waals surface area contributed by atoms with Gasteiger partial charge in [0.2, 0.25) is 0 Å². The van der Waals surface area contributed by atoms with E-state index in [1.807, 2.05) is 0 Å². The van der Waals surface area contributed by atoms with Crippen molar-refractivity contribution < 1.29 is 0 Å². The third kappa shape index (κ3) is 6.40. The molecule has 1 aromatic carbocycles. The lowest BCUT2D eigenvalue weighted by Gasteiger charge is -2.21. The minimum absolute atomic E-state index is 0.142. The zero-order valence-corrected chi connectivity index (χ0v) is 15.6. The van der Waals surface area contributed by atoms with Gasteiger partial charge < -0.3 is 20.9 Å². The molecule has 1 aliphatic heterocycles. The molecule has 1 unspecified atom stereocenters. The first-order valence-corrected chi connectivity index (χ1v) is 9.08. The number of nitrogens with zero attached hydrogens (tertiary/aromatic N) is 2. The summed E-state index contributed by atoms with van der Waals surface area (Å²) >= 11 is 0. The number of benzene rings is 1. The lowest BCUT2D eigenvalue weighted by Crippen LogP contribution is -2.45. The third-order valence-electron chi connectivity index (χ3n) is 4.03. The van der Waals surface area contributed by atoms with Crippen molar-refractivity contribution >= 4 is 11.6 Å². The minimum Gasteiger partial charge on any atom is -0.369 e. The molecule has 0 amide bonds. The molecule has 134 valence electrons. The van der Waals surface area contributed by atoms with Gasteiger partial charge in [0.25, 0.3) is 0 Å². The Morgan fingerprint density at radius 1 is 1.25 bits per heavy atom. The maximum absolute atomic E-state index is 4.69. The van der Waals surface area contributed by atoms with Gasteiger partial charge in [-0.2, -0.15) is 0 Å². The summed E-state index contributed by atoms with van der Waals surface area (Å²) in [7, 11) is 0. The Kier molecular flexibility index (Phi) is 6.91. The fourth-order valence-electron chi connectivity index (χ4n) is 2.86. The molecule has 1 aliphatic rings. The lowest BCUT2D eigenvalue weighted by molar-refractivity contribution is 0.432. The van der Waals surface area contributed by atoms with Crippen molar-refractivity contribution in [3.8, 4) is 0 Å². The first-order chi connectivity index (χ1) is 11.5. The maximum atomic E-state index is 4.69. The second-order valence-corrected chi connectivity index (χ2v) is 7.35. The van der Waals surface area contributed by atoms with E-state index < -0.39 is 0 Å². The van der Waals surface area contributed by atoms with Gasteiger partial charge in [-0.1, -0.05) is 18.2 Å². The van der Waals surface area contributed by atoms with Crippen LogP contribution >= 0.6 is 0 Å². The van der Waals surface area contributed by atoms with Gasteiger partial charge in [-0.15, -0.1) is 0 Å². The zero-order chi connectivity index (χ0) is 17.4. The standard InChI is InChI=1S/C19H33N5/c1-5-20-18(21-12-13-22-19(2,3)4)23-16-11-14-24(15-16)17-9-7-6-8-10-17/h6-10,16,22H,5,11-15H2,1-4H3,(H2,20,21,23). The van der Waals surface area contributed by atoms with E-state index in [4.69, 9.17) is 4.99 Å². The summed E-state index contributed by atoms with van der Waals surface area (Å²) < 4.78 is 0. The number of hydrogen-bond donors (Lipinski definition) is 3. The van der Waals surface area contributed by atoms with Gasteiger partial charge in [-0.25, -0.2) is 0 Å². The molecule has 0 spiro atoms. The predicted octanol–water partition coefficient (Wildman–Crippen LogP) is 2.21. The molecule has 0 aromatic heterocycles. The van der Waals surface area contributed by atoms with E-state index in [1.54, 1.807) is 0 Å². The average Bonchev–Trinajstić information content (AvgIpc) is 3.00. The lowest BCUT2D eigenvalue weighted by atomic mass is 10.1. The molecule has 1 aromatic rings. The smallest absolute Gasteiger partial charge is 0.191 e. The van der Waals surface area contributed by atoms with Crippen molar-refractivity contribution in [3.05, 3.63) is 30.3 Å². The number of para-hydroxylation sites is 1. The number of aliphatic imine (C=N–C) groups is 1. The van der Waals surface area contributed by atoms with E-state index in [0.29, 0.717) is 6.04 Å². The van der Waals surface area contributed by atoms with Crippen LogP contribution in [0.15, 0.2) is 35.3 Å². The number of guanidine groups is 1. The summed E-state index contributed by atoms with van der Waals surface area (Å²) in [5.74, 6) is 0.924. The highest BCUT2D eigenvalue weighted by Crippen LogP contribution is 2.19. The highest BCUT2D eigenvalue weighted by Gasteiger charge is 2.23. The van der Waals surface area contributed by atoms with Crippen molar-refractivity contribution in [2.75, 3.05) is 37.6 Å². The second-order valence-electron chi connectivity index (χ2n) is 7.35. The SMILES string of the molecule is CCNC(=NCCNC(C)(C)C)NC1CCN(c2ccccc2)C1. The summed E-state index contributed by atoms with van der Waals surface area (Å²) in [6, 6.07) is 11.1. The minimum atomic E-state index is 0.142. The van der Waals surface area contributed by atoms with Crippen LogP contribution in [0.1, 0.15) is 34.1 Å². The Hall–Kier alpha value is -1.75. The highest BCUT2D eigenvalue weighted by atomic mass is 15.2. The van der Waals surface area contributed by atoms with Crippen molar-refractivity contribution in [2.45, 2.75) is 45.7 Å². The van der Waals surface area contributed by atoms with Crippen LogP contribution < -0.4 is 20.9 Å². The van der Waals surface area contributed by atoms with Gasteiger partial charge >= 0.3 is 0 Å². The van der Waals surface area contributed by atoms with Crippen LogP contribution in [-0.2, 0) is 0 Å². The van der Waals surface area contributed by atoms with Crippen LogP contribution in [0.5, 0.6) is 0 Å². The monoisotopic (exact) mass is 331 g/mol. The third-order valence-corrected chi connectivity index (χ3v) is 4.03. The van der Waals surface area contributed by atoms with Crippen LogP contribution in [-0.4, -0.2) is 50.3 Å². The summed E-state index contributed by atoms with van der Waals surface area (Å²) in [5.41, 5.74) is 1.45. The number of nitrogens with one attached hydrogen (secondary N) is 3. The van der Waals surface area contributed by atoms with Crippen LogP contribution in [0.25, 0.3) is 0 Å². The number of anilines is 1. The first kappa shape index (κ1) is 18.6. The average molecular weight is 332 g/mol. The largest absolute Gasteiger partial charge is 0.369 e. The molecule has 1 atom stereocenters. The van der Waals surface area contributed by atoms with Crippen LogP contribution in [0.4, 0.5) is 5.69 Å².